The molecule has 4 atom stereocenters. The Hall–Kier alpha value is -2.78. The number of fused-ring (bicyclic) bond motifs is 1. The fourth-order valence-corrected chi connectivity index (χ4v) is 5.60. The molecular weight excluding hydrogens is 468 g/mol. The van der Waals surface area contributed by atoms with E-state index in [1.165, 1.54) is 18.2 Å². The first-order valence-corrected chi connectivity index (χ1v) is 12.8. The van der Waals surface area contributed by atoms with Gasteiger partial charge in [0.2, 0.25) is 5.82 Å². The second-order valence-electron chi connectivity index (χ2n) is 9.62. The van der Waals surface area contributed by atoms with Gasteiger partial charge >= 0.3 is 0 Å². The molecule has 4 rings (SSSR count). The first kappa shape index (κ1) is 26.3. The molecule has 2 unspecified atom stereocenters. The summed E-state index contributed by atoms with van der Waals surface area (Å²) in [7, 11) is 0. The zero-order chi connectivity index (χ0) is 25.7. The molecule has 0 amide bonds. The van der Waals surface area contributed by atoms with Gasteiger partial charge in [0, 0.05) is 6.61 Å². The molecule has 0 radical (unpaired) electrons. The molecule has 2 nitrogen and oxygen atoms in total. The van der Waals surface area contributed by atoms with Gasteiger partial charge in [-0.1, -0.05) is 30.1 Å². The third-order valence-electron chi connectivity index (χ3n) is 7.47. The van der Waals surface area contributed by atoms with E-state index in [-0.39, 0.29) is 29.4 Å². The Morgan fingerprint density at radius 1 is 0.833 bits per heavy atom. The number of halogens is 4. The molecule has 192 valence electrons. The van der Waals surface area contributed by atoms with Crippen molar-refractivity contribution in [3.05, 3.63) is 76.4 Å². The summed E-state index contributed by atoms with van der Waals surface area (Å²) < 4.78 is 69.7. The molecule has 6 heteroatoms. The fourth-order valence-electron chi connectivity index (χ4n) is 5.60. The van der Waals surface area contributed by atoms with Gasteiger partial charge in [-0.15, -0.1) is 0 Å². The van der Waals surface area contributed by atoms with E-state index < -0.39 is 23.3 Å². The smallest absolute Gasteiger partial charge is 0.201 e. The van der Waals surface area contributed by atoms with Crippen LogP contribution in [-0.4, -0.2) is 19.3 Å². The SMILES string of the molecule is C/C=C/COc1ccc(C#Cc2ccc(C3CCC4C[C@H](OCC)CC[C@@H]4C3)c(F)c2F)c(F)c1F. The van der Waals surface area contributed by atoms with E-state index in [4.69, 9.17) is 9.47 Å². The minimum Gasteiger partial charge on any atom is -0.486 e. The Kier molecular flexibility index (Phi) is 8.74. The second-order valence-corrected chi connectivity index (χ2v) is 9.62. The summed E-state index contributed by atoms with van der Waals surface area (Å²) in [5.41, 5.74) is -0.0607. The van der Waals surface area contributed by atoms with E-state index in [0.29, 0.717) is 23.5 Å². The van der Waals surface area contributed by atoms with Crippen molar-refractivity contribution < 1.29 is 27.0 Å². The predicted octanol–water partition coefficient (Wildman–Crippen LogP) is 7.69. The molecule has 2 aliphatic carbocycles. The summed E-state index contributed by atoms with van der Waals surface area (Å²) in [5, 5.41) is 0. The van der Waals surface area contributed by atoms with E-state index in [9.17, 15) is 13.2 Å². The van der Waals surface area contributed by atoms with E-state index in [1.54, 1.807) is 25.1 Å². The molecular formula is C30H32F4O2. The average molecular weight is 501 g/mol. The summed E-state index contributed by atoms with van der Waals surface area (Å²) in [6, 6.07) is 5.55. The quantitative estimate of drug-likeness (QED) is 0.230. The lowest BCUT2D eigenvalue weighted by Gasteiger charge is -2.42. The van der Waals surface area contributed by atoms with E-state index in [1.807, 2.05) is 6.92 Å². The molecule has 0 N–H and O–H groups in total. The second kappa shape index (κ2) is 12.0. The lowest BCUT2D eigenvalue weighted by Crippen LogP contribution is -2.34. The highest BCUT2D eigenvalue weighted by Gasteiger charge is 2.37. The van der Waals surface area contributed by atoms with Crippen molar-refractivity contribution in [3.8, 4) is 17.6 Å². The van der Waals surface area contributed by atoms with Gasteiger partial charge in [-0.25, -0.2) is 13.2 Å². The van der Waals surface area contributed by atoms with Crippen LogP contribution in [0.15, 0.2) is 36.4 Å². The average Bonchev–Trinajstić information content (AvgIpc) is 2.88. The zero-order valence-corrected chi connectivity index (χ0v) is 20.8. The number of rotatable bonds is 6. The molecule has 36 heavy (non-hydrogen) atoms. The number of allylic oxidation sites excluding steroid dienone is 1. The lowest BCUT2D eigenvalue weighted by atomic mass is 9.65. The van der Waals surface area contributed by atoms with E-state index >= 15 is 4.39 Å². The van der Waals surface area contributed by atoms with Crippen molar-refractivity contribution in [2.45, 2.75) is 64.4 Å². The molecule has 0 bridgehead atoms. The van der Waals surface area contributed by atoms with Crippen LogP contribution >= 0.6 is 0 Å². The number of ether oxygens (including phenoxy) is 2. The normalized spacial score (nSPS) is 23.7. The Balaban J connectivity index is 1.47. The van der Waals surface area contributed by atoms with Gasteiger partial charge in [0.1, 0.15) is 6.61 Å². The van der Waals surface area contributed by atoms with Gasteiger partial charge in [0.05, 0.1) is 17.2 Å². The zero-order valence-electron chi connectivity index (χ0n) is 20.8. The molecule has 2 aromatic carbocycles. The van der Waals surface area contributed by atoms with Crippen LogP contribution in [0.5, 0.6) is 5.75 Å². The first-order valence-electron chi connectivity index (χ1n) is 12.8. The van der Waals surface area contributed by atoms with Gasteiger partial charge in [-0.05, 0) is 93.9 Å². The molecule has 2 saturated carbocycles. The van der Waals surface area contributed by atoms with E-state index in [0.717, 1.165) is 45.1 Å². The Bertz CT molecular complexity index is 1160. The van der Waals surface area contributed by atoms with Gasteiger partial charge in [-0.3, -0.25) is 0 Å². The summed E-state index contributed by atoms with van der Waals surface area (Å²) in [6.45, 7) is 4.63. The minimum atomic E-state index is -1.19. The van der Waals surface area contributed by atoms with Gasteiger partial charge in [0.25, 0.3) is 0 Å². The first-order chi connectivity index (χ1) is 17.4. The maximum atomic E-state index is 15.1. The Morgan fingerprint density at radius 3 is 2.22 bits per heavy atom. The van der Waals surface area contributed by atoms with Gasteiger partial charge < -0.3 is 9.47 Å². The lowest BCUT2D eigenvalue weighted by molar-refractivity contribution is -0.00970. The molecule has 0 saturated heterocycles. The van der Waals surface area contributed by atoms with Crippen molar-refractivity contribution >= 4 is 0 Å². The summed E-state index contributed by atoms with van der Waals surface area (Å²) >= 11 is 0. The van der Waals surface area contributed by atoms with Crippen LogP contribution in [0.4, 0.5) is 17.6 Å². The summed E-state index contributed by atoms with van der Waals surface area (Å²) in [4.78, 5) is 0. The van der Waals surface area contributed by atoms with Crippen LogP contribution in [0.1, 0.15) is 75.0 Å². The van der Waals surface area contributed by atoms with Gasteiger partial charge in [-0.2, -0.15) is 4.39 Å². The maximum Gasteiger partial charge on any atom is 0.201 e. The fraction of sp³-hybridized carbons (Fsp3) is 0.467. The number of hydrogen-bond donors (Lipinski definition) is 0. The maximum absolute atomic E-state index is 15.1. The molecule has 2 aliphatic rings. The molecule has 2 aromatic rings. The van der Waals surface area contributed by atoms with Crippen LogP contribution in [-0.2, 0) is 4.74 Å². The number of benzene rings is 2. The largest absolute Gasteiger partial charge is 0.486 e. The minimum absolute atomic E-state index is 0.0342. The van der Waals surface area contributed by atoms with Crippen LogP contribution in [0.3, 0.4) is 0 Å². The molecule has 0 spiro atoms. The van der Waals surface area contributed by atoms with E-state index in [2.05, 4.69) is 11.8 Å². The highest BCUT2D eigenvalue weighted by Crippen LogP contribution is 2.47. The topological polar surface area (TPSA) is 18.5 Å². The van der Waals surface area contributed by atoms with Crippen LogP contribution in [0.25, 0.3) is 0 Å². The molecule has 0 heterocycles. The third-order valence-corrected chi connectivity index (χ3v) is 7.47. The van der Waals surface area contributed by atoms with Crippen molar-refractivity contribution in [1.82, 2.24) is 0 Å². The number of hydrogen-bond acceptors (Lipinski definition) is 2. The highest BCUT2D eigenvalue weighted by atomic mass is 19.2. The van der Waals surface area contributed by atoms with Crippen LogP contribution in [0.2, 0.25) is 0 Å². The van der Waals surface area contributed by atoms with Crippen LogP contribution in [0, 0.1) is 46.9 Å². The monoisotopic (exact) mass is 500 g/mol. The predicted molar refractivity (Wildman–Crippen MR) is 132 cm³/mol. The summed E-state index contributed by atoms with van der Waals surface area (Å²) in [6.07, 6.45) is 9.48. The molecule has 2 fully saturated rings. The van der Waals surface area contributed by atoms with Crippen LogP contribution < -0.4 is 4.74 Å². The van der Waals surface area contributed by atoms with Crippen molar-refractivity contribution in [2.24, 2.45) is 11.8 Å². The standard InChI is InChI=1S/C30H32F4O2/c1-3-5-16-36-26-15-12-20(28(32)30(26)34)7-6-19-11-14-25(29(33)27(19)31)23-9-8-22-18-24(35-4-2)13-10-21(22)17-23/h3,5,11-12,14-15,21-24H,4,8-10,13,16-18H2,1-2H3/b5-3+/t21-,22?,23?,24-/m1/s1. The van der Waals surface area contributed by atoms with Gasteiger partial charge in [0.15, 0.2) is 23.2 Å². The summed E-state index contributed by atoms with van der Waals surface area (Å²) in [5.74, 6) is 1.41. The Morgan fingerprint density at radius 2 is 1.50 bits per heavy atom. The molecule has 0 aliphatic heterocycles. The Labute approximate surface area is 210 Å². The third kappa shape index (κ3) is 5.78. The van der Waals surface area contributed by atoms with Crippen molar-refractivity contribution in [3.63, 3.8) is 0 Å². The van der Waals surface area contributed by atoms with Crippen molar-refractivity contribution in [2.75, 3.05) is 13.2 Å². The highest BCUT2D eigenvalue weighted by molar-refractivity contribution is 5.47. The molecule has 0 aromatic heterocycles. The van der Waals surface area contributed by atoms with Crippen molar-refractivity contribution in [1.29, 1.82) is 0 Å².